The SMILES string of the molecule is CCCCCC(O)C(OCC)C(C)(C)C. The molecule has 0 aromatic rings. The van der Waals surface area contributed by atoms with Gasteiger partial charge in [0.2, 0.25) is 0 Å². The summed E-state index contributed by atoms with van der Waals surface area (Å²) < 4.78 is 5.65. The van der Waals surface area contributed by atoms with Crippen molar-refractivity contribution < 1.29 is 9.84 Å². The van der Waals surface area contributed by atoms with Crippen LogP contribution in [-0.4, -0.2) is 23.9 Å². The summed E-state index contributed by atoms with van der Waals surface area (Å²) >= 11 is 0. The Bertz CT molecular complexity index is 149. The van der Waals surface area contributed by atoms with Gasteiger partial charge in [0.25, 0.3) is 0 Å². The summed E-state index contributed by atoms with van der Waals surface area (Å²) in [5.74, 6) is 0. The predicted octanol–water partition coefficient (Wildman–Crippen LogP) is 3.38. The summed E-state index contributed by atoms with van der Waals surface area (Å²) in [5.41, 5.74) is 0.0155. The Morgan fingerprint density at radius 3 is 2.13 bits per heavy atom. The molecule has 0 aliphatic heterocycles. The van der Waals surface area contributed by atoms with E-state index in [9.17, 15) is 5.11 Å². The van der Waals surface area contributed by atoms with E-state index in [1.165, 1.54) is 12.8 Å². The molecule has 0 amide bonds. The lowest BCUT2D eigenvalue weighted by Crippen LogP contribution is -2.40. The molecule has 1 N–H and O–H groups in total. The first-order chi connectivity index (χ1) is 6.93. The van der Waals surface area contributed by atoms with E-state index in [2.05, 4.69) is 27.7 Å². The zero-order valence-electron chi connectivity index (χ0n) is 11.0. The summed E-state index contributed by atoms with van der Waals surface area (Å²) in [6, 6.07) is 0. The molecular formula is C13H28O2. The number of hydrogen-bond donors (Lipinski definition) is 1. The zero-order valence-corrected chi connectivity index (χ0v) is 11.0. The topological polar surface area (TPSA) is 29.5 Å². The van der Waals surface area contributed by atoms with Crippen LogP contribution in [0.25, 0.3) is 0 Å². The van der Waals surface area contributed by atoms with Crippen molar-refractivity contribution in [2.45, 2.75) is 72.5 Å². The Labute approximate surface area is 95.0 Å². The van der Waals surface area contributed by atoms with Gasteiger partial charge in [-0.1, -0.05) is 47.0 Å². The highest BCUT2D eigenvalue weighted by Gasteiger charge is 2.31. The maximum atomic E-state index is 10.1. The van der Waals surface area contributed by atoms with E-state index in [1.54, 1.807) is 0 Å². The Morgan fingerprint density at radius 2 is 1.73 bits per heavy atom. The molecule has 0 spiro atoms. The molecule has 0 aromatic carbocycles. The maximum absolute atomic E-state index is 10.1. The highest BCUT2D eigenvalue weighted by atomic mass is 16.5. The molecule has 0 aliphatic carbocycles. The number of aliphatic hydroxyl groups is 1. The van der Waals surface area contributed by atoms with Gasteiger partial charge < -0.3 is 9.84 Å². The fourth-order valence-electron chi connectivity index (χ4n) is 1.87. The number of rotatable bonds is 7. The second kappa shape index (κ2) is 7.24. The molecule has 92 valence electrons. The van der Waals surface area contributed by atoms with Gasteiger partial charge in [0.05, 0.1) is 12.2 Å². The van der Waals surface area contributed by atoms with Crippen LogP contribution in [0.1, 0.15) is 60.3 Å². The lowest BCUT2D eigenvalue weighted by Gasteiger charge is -2.34. The first-order valence-electron chi connectivity index (χ1n) is 6.23. The Morgan fingerprint density at radius 1 is 1.13 bits per heavy atom. The van der Waals surface area contributed by atoms with Crippen LogP contribution in [0.5, 0.6) is 0 Å². The molecule has 0 rings (SSSR count). The quantitative estimate of drug-likeness (QED) is 0.661. The maximum Gasteiger partial charge on any atom is 0.0881 e. The van der Waals surface area contributed by atoms with E-state index >= 15 is 0 Å². The Balaban J connectivity index is 4.11. The van der Waals surface area contributed by atoms with Gasteiger partial charge in [-0.3, -0.25) is 0 Å². The molecule has 0 heterocycles. The highest BCUT2D eigenvalue weighted by Crippen LogP contribution is 2.27. The van der Waals surface area contributed by atoms with E-state index in [0.29, 0.717) is 6.61 Å². The van der Waals surface area contributed by atoms with Crippen LogP contribution in [-0.2, 0) is 4.74 Å². The van der Waals surface area contributed by atoms with E-state index < -0.39 is 0 Å². The minimum absolute atomic E-state index is 0.0155. The van der Waals surface area contributed by atoms with Crippen LogP contribution < -0.4 is 0 Å². The second-order valence-electron chi connectivity index (χ2n) is 5.31. The van der Waals surface area contributed by atoms with Gasteiger partial charge in [0.1, 0.15) is 0 Å². The van der Waals surface area contributed by atoms with E-state index in [-0.39, 0.29) is 17.6 Å². The standard InChI is InChI=1S/C13H28O2/c1-6-8-9-10-11(14)12(15-7-2)13(3,4)5/h11-12,14H,6-10H2,1-5H3. The van der Waals surface area contributed by atoms with Crippen molar-refractivity contribution in [1.29, 1.82) is 0 Å². The monoisotopic (exact) mass is 216 g/mol. The molecule has 0 aliphatic rings. The van der Waals surface area contributed by atoms with Crippen LogP contribution in [0.15, 0.2) is 0 Å². The largest absolute Gasteiger partial charge is 0.390 e. The van der Waals surface area contributed by atoms with Crippen molar-refractivity contribution in [2.75, 3.05) is 6.61 Å². The Kier molecular flexibility index (Phi) is 7.20. The minimum atomic E-state index is -0.323. The smallest absolute Gasteiger partial charge is 0.0881 e. The van der Waals surface area contributed by atoms with E-state index in [0.717, 1.165) is 12.8 Å². The summed E-state index contributed by atoms with van der Waals surface area (Å²) in [6.45, 7) is 11.2. The van der Waals surface area contributed by atoms with E-state index in [4.69, 9.17) is 4.74 Å². The third-order valence-corrected chi connectivity index (χ3v) is 2.65. The summed E-state index contributed by atoms with van der Waals surface area (Å²) in [4.78, 5) is 0. The van der Waals surface area contributed by atoms with Crippen LogP contribution in [0, 0.1) is 5.41 Å². The van der Waals surface area contributed by atoms with Crippen LogP contribution >= 0.6 is 0 Å². The molecule has 2 nitrogen and oxygen atoms in total. The van der Waals surface area contributed by atoms with Gasteiger partial charge >= 0.3 is 0 Å². The number of aliphatic hydroxyl groups excluding tert-OH is 1. The number of unbranched alkanes of at least 4 members (excludes halogenated alkanes) is 2. The lowest BCUT2D eigenvalue weighted by atomic mass is 9.84. The zero-order chi connectivity index (χ0) is 11.9. The van der Waals surface area contributed by atoms with Crippen molar-refractivity contribution in [3.8, 4) is 0 Å². The number of ether oxygens (including phenoxy) is 1. The summed E-state index contributed by atoms with van der Waals surface area (Å²) in [5, 5.41) is 10.1. The van der Waals surface area contributed by atoms with Gasteiger partial charge in [0, 0.05) is 6.61 Å². The van der Waals surface area contributed by atoms with Crippen molar-refractivity contribution in [1.82, 2.24) is 0 Å². The average Bonchev–Trinajstić information content (AvgIpc) is 2.12. The third kappa shape index (κ3) is 6.16. The molecule has 2 heteroatoms. The van der Waals surface area contributed by atoms with Crippen LogP contribution in [0.4, 0.5) is 0 Å². The molecule has 0 fully saturated rings. The average molecular weight is 216 g/mol. The van der Waals surface area contributed by atoms with Gasteiger partial charge in [-0.05, 0) is 18.8 Å². The molecule has 0 radical (unpaired) electrons. The van der Waals surface area contributed by atoms with Gasteiger partial charge in [-0.25, -0.2) is 0 Å². The highest BCUT2D eigenvalue weighted by molar-refractivity contribution is 4.81. The molecule has 2 atom stereocenters. The summed E-state index contributed by atoms with van der Waals surface area (Å²) in [7, 11) is 0. The van der Waals surface area contributed by atoms with Gasteiger partial charge in [0.15, 0.2) is 0 Å². The van der Waals surface area contributed by atoms with Crippen LogP contribution in [0.3, 0.4) is 0 Å². The first kappa shape index (κ1) is 14.9. The van der Waals surface area contributed by atoms with Crippen molar-refractivity contribution in [3.05, 3.63) is 0 Å². The molecule has 2 unspecified atom stereocenters. The van der Waals surface area contributed by atoms with Gasteiger partial charge in [-0.15, -0.1) is 0 Å². The first-order valence-corrected chi connectivity index (χ1v) is 6.23. The van der Waals surface area contributed by atoms with Crippen molar-refractivity contribution >= 4 is 0 Å². The fraction of sp³-hybridized carbons (Fsp3) is 1.00. The minimum Gasteiger partial charge on any atom is -0.390 e. The van der Waals surface area contributed by atoms with Gasteiger partial charge in [-0.2, -0.15) is 0 Å². The predicted molar refractivity (Wildman–Crippen MR) is 65.0 cm³/mol. The second-order valence-corrected chi connectivity index (χ2v) is 5.31. The Hall–Kier alpha value is -0.0800. The number of hydrogen-bond acceptors (Lipinski definition) is 2. The molecular weight excluding hydrogens is 188 g/mol. The lowest BCUT2D eigenvalue weighted by molar-refractivity contribution is -0.0907. The molecule has 0 bridgehead atoms. The fourth-order valence-corrected chi connectivity index (χ4v) is 1.87. The molecule has 0 saturated heterocycles. The molecule has 15 heavy (non-hydrogen) atoms. The summed E-state index contributed by atoms with van der Waals surface area (Å²) in [6.07, 6.45) is 3.98. The van der Waals surface area contributed by atoms with Crippen LogP contribution in [0.2, 0.25) is 0 Å². The molecule has 0 saturated carbocycles. The molecule has 0 aromatic heterocycles. The van der Waals surface area contributed by atoms with Crippen molar-refractivity contribution in [2.24, 2.45) is 5.41 Å². The van der Waals surface area contributed by atoms with Crippen molar-refractivity contribution in [3.63, 3.8) is 0 Å². The normalized spacial score (nSPS) is 16.4. The third-order valence-electron chi connectivity index (χ3n) is 2.65. The van der Waals surface area contributed by atoms with E-state index in [1.807, 2.05) is 6.92 Å².